The Kier molecular flexibility index (Phi) is 3.44. The molecule has 0 aliphatic heterocycles. The Morgan fingerprint density at radius 1 is 1.44 bits per heavy atom. The van der Waals surface area contributed by atoms with Gasteiger partial charge in [-0.2, -0.15) is 0 Å². The van der Waals surface area contributed by atoms with E-state index in [0.717, 1.165) is 12.8 Å². The lowest BCUT2D eigenvalue weighted by Crippen LogP contribution is -2.13. The van der Waals surface area contributed by atoms with Crippen LogP contribution in [0.25, 0.3) is 0 Å². The first-order chi connectivity index (χ1) is 7.59. The summed E-state index contributed by atoms with van der Waals surface area (Å²) in [6.07, 6.45) is 2.89. The standard InChI is InChI=1S/C11H14O3S2/c12-10-4-1-3-9(10)6-8-16(13,14)11-5-2-7-15-11/h2,5,7,9H,1,3-4,6,8H2. The molecule has 2 rings (SSSR count). The van der Waals surface area contributed by atoms with Crippen LogP contribution in [-0.2, 0) is 14.6 Å². The molecule has 0 amide bonds. The van der Waals surface area contributed by atoms with E-state index in [1.807, 2.05) is 0 Å². The lowest BCUT2D eigenvalue weighted by Gasteiger charge is -2.07. The van der Waals surface area contributed by atoms with E-state index >= 15 is 0 Å². The van der Waals surface area contributed by atoms with Gasteiger partial charge in [-0.25, -0.2) is 8.42 Å². The van der Waals surface area contributed by atoms with E-state index in [1.54, 1.807) is 17.5 Å². The zero-order valence-electron chi connectivity index (χ0n) is 8.89. The Hall–Kier alpha value is -0.680. The second-order valence-corrected chi connectivity index (χ2v) is 7.38. The Bertz CT molecular complexity index is 459. The molecule has 3 nitrogen and oxygen atoms in total. The van der Waals surface area contributed by atoms with Gasteiger partial charge in [-0.3, -0.25) is 4.79 Å². The van der Waals surface area contributed by atoms with Crippen molar-refractivity contribution in [2.24, 2.45) is 5.92 Å². The van der Waals surface area contributed by atoms with Crippen LogP contribution in [0.1, 0.15) is 25.7 Å². The SMILES string of the molecule is O=C1CCCC1CCS(=O)(=O)c1cccs1. The van der Waals surface area contributed by atoms with Crippen LogP contribution in [-0.4, -0.2) is 20.0 Å². The number of sulfone groups is 1. The second kappa shape index (κ2) is 4.67. The number of carbonyl (C=O) groups is 1. The highest BCUT2D eigenvalue weighted by Gasteiger charge is 2.26. The van der Waals surface area contributed by atoms with Crippen LogP contribution in [0.5, 0.6) is 0 Å². The summed E-state index contributed by atoms with van der Waals surface area (Å²) < 4.78 is 24.1. The van der Waals surface area contributed by atoms with Crippen LogP contribution in [0.4, 0.5) is 0 Å². The summed E-state index contributed by atoms with van der Waals surface area (Å²) in [6, 6.07) is 3.36. The third kappa shape index (κ3) is 2.52. The van der Waals surface area contributed by atoms with Crippen molar-refractivity contribution in [2.45, 2.75) is 29.9 Å². The zero-order valence-corrected chi connectivity index (χ0v) is 10.5. The van der Waals surface area contributed by atoms with Crippen molar-refractivity contribution in [1.82, 2.24) is 0 Å². The number of carbonyl (C=O) groups excluding carboxylic acids is 1. The minimum Gasteiger partial charge on any atom is -0.299 e. The molecule has 1 atom stereocenters. The number of rotatable bonds is 4. The molecule has 0 spiro atoms. The summed E-state index contributed by atoms with van der Waals surface area (Å²) in [6.45, 7) is 0. The number of hydrogen-bond acceptors (Lipinski definition) is 4. The molecule has 1 aliphatic rings. The van der Waals surface area contributed by atoms with Gasteiger partial charge in [0.1, 0.15) is 9.99 Å². The van der Waals surface area contributed by atoms with Crippen molar-refractivity contribution >= 4 is 27.0 Å². The van der Waals surface area contributed by atoms with Crippen molar-refractivity contribution in [2.75, 3.05) is 5.75 Å². The van der Waals surface area contributed by atoms with Crippen LogP contribution in [0.2, 0.25) is 0 Å². The monoisotopic (exact) mass is 258 g/mol. The van der Waals surface area contributed by atoms with E-state index in [9.17, 15) is 13.2 Å². The molecule has 1 fully saturated rings. The van der Waals surface area contributed by atoms with Crippen LogP contribution in [0.15, 0.2) is 21.7 Å². The third-order valence-electron chi connectivity index (χ3n) is 2.97. The molecule has 88 valence electrons. The maximum absolute atomic E-state index is 11.9. The number of thiophene rings is 1. The van der Waals surface area contributed by atoms with Gasteiger partial charge in [0, 0.05) is 12.3 Å². The van der Waals surface area contributed by atoms with Crippen molar-refractivity contribution in [3.63, 3.8) is 0 Å². The van der Waals surface area contributed by atoms with Crippen LogP contribution < -0.4 is 0 Å². The molecule has 16 heavy (non-hydrogen) atoms. The van der Waals surface area contributed by atoms with E-state index in [4.69, 9.17) is 0 Å². The highest BCUT2D eigenvalue weighted by Crippen LogP contribution is 2.26. The van der Waals surface area contributed by atoms with Gasteiger partial charge < -0.3 is 0 Å². The fraction of sp³-hybridized carbons (Fsp3) is 0.545. The largest absolute Gasteiger partial charge is 0.299 e. The molecule has 1 aliphatic carbocycles. The molecular weight excluding hydrogens is 244 g/mol. The van der Waals surface area contributed by atoms with Crippen LogP contribution in [0.3, 0.4) is 0 Å². The predicted molar refractivity (Wildman–Crippen MR) is 63.3 cm³/mol. The first kappa shape index (κ1) is 11.8. The fourth-order valence-corrected chi connectivity index (χ4v) is 4.56. The molecule has 1 unspecified atom stereocenters. The highest BCUT2D eigenvalue weighted by molar-refractivity contribution is 7.93. The quantitative estimate of drug-likeness (QED) is 0.832. The predicted octanol–water partition coefficient (Wildman–Crippen LogP) is 2.28. The minimum absolute atomic E-state index is 0.0188. The first-order valence-corrected chi connectivity index (χ1v) is 7.92. The normalized spacial score (nSPS) is 21.5. The molecule has 1 heterocycles. The molecular formula is C11H14O3S2. The Morgan fingerprint density at radius 3 is 2.81 bits per heavy atom. The summed E-state index contributed by atoms with van der Waals surface area (Å²) >= 11 is 1.24. The number of Topliss-reactive ketones (excluding diaryl/α,β-unsaturated/α-hetero) is 1. The maximum atomic E-state index is 11.9. The van der Waals surface area contributed by atoms with E-state index in [0.29, 0.717) is 17.1 Å². The van der Waals surface area contributed by atoms with Gasteiger partial charge >= 0.3 is 0 Å². The van der Waals surface area contributed by atoms with Gasteiger partial charge in [0.25, 0.3) is 0 Å². The van der Waals surface area contributed by atoms with Gasteiger partial charge in [-0.1, -0.05) is 6.07 Å². The average Bonchev–Trinajstić information content (AvgIpc) is 2.85. The molecule has 0 saturated heterocycles. The van der Waals surface area contributed by atoms with E-state index < -0.39 is 9.84 Å². The fourth-order valence-electron chi connectivity index (χ4n) is 2.03. The summed E-state index contributed by atoms with van der Waals surface area (Å²) in [5.74, 6) is 0.320. The lowest BCUT2D eigenvalue weighted by atomic mass is 10.1. The molecule has 0 aromatic carbocycles. The molecule has 1 saturated carbocycles. The van der Waals surface area contributed by atoms with Gasteiger partial charge in [0.2, 0.25) is 0 Å². The Labute approximate surface area is 99.4 Å². The van der Waals surface area contributed by atoms with Crippen molar-refractivity contribution < 1.29 is 13.2 Å². The first-order valence-electron chi connectivity index (χ1n) is 5.38. The topological polar surface area (TPSA) is 51.2 Å². The van der Waals surface area contributed by atoms with Gasteiger partial charge in [0.05, 0.1) is 5.75 Å². The van der Waals surface area contributed by atoms with E-state index in [2.05, 4.69) is 0 Å². The van der Waals surface area contributed by atoms with Gasteiger partial charge in [-0.15, -0.1) is 11.3 Å². The van der Waals surface area contributed by atoms with Gasteiger partial charge in [0.15, 0.2) is 9.84 Å². The summed E-state index contributed by atoms with van der Waals surface area (Å²) in [5.41, 5.74) is 0. The van der Waals surface area contributed by atoms with Crippen molar-refractivity contribution in [3.05, 3.63) is 17.5 Å². The second-order valence-electron chi connectivity index (χ2n) is 4.10. The highest BCUT2D eigenvalue weighted by atomic mass is 32.2. The smallest absolute Gasteiger partial charge is 0.187 e. The van der Waals surface area contributed by atoms with Crippen LogP contribution >= 0.6 is 11.3 Å². The summed E-state index contributed by atoms with van der Waals surface area (Å²) in [4.78, 5) is 11.4. The Morgan fingerprint density at radius 2 is 2.25 bits per heavy atom. The Balaban J connectivity index is 1.98. The van der Waals surface area contributed by atoms with Crippen molar-refractivity contribution in [3.8, 4) is 0 Å². The minimum atomic E-state index is -3.16. The molecule has 0 N–H and O–H groups in total. The molecule has 1 aromatic heterocycles. The third-order valence-corrected chi connectivity index (χ3v) is 6.20. The zero-order chi connectivity index (χ0) is 11.6. The van der Waals surface area contributed by atoms with E-state index in [-0.39, 0.29) is 17.5 Å². The number of ketones is 1. The summed E-state index contributed by atoms with van der Waals surface area (Å²) in [7, 11) is -3.16. The average molecular weight is 258 g/mol. The summed E-state index contributed by atoms with van der Waals surface area (Å²) in [5, 5.41) is 1.76. The van der Waals surface area contributed by atoms with Crippen molar-refractivity contribution in [1.29, 1.82) is 0 Å². The number of hydrogen-bond donors (Lipinski definition) is 0. The molecule has 1 aromatic rings. The van der Waals surface area contributed by atoms with E-state index in [1.165, 1.54) is 11.3 Å². The molecule has 5 heteroatoms. The van der Waals surface area contributed by atoms with Gasteiger partial charge in [-0.05, 0) is 30.7 Å². The van der Waals surface area contributed by atoms with Crippen LogP contribution in [0, 0.1) is 5.92 Å². The maximum Gasteiger partial charge on any atom is 0.187 e. The molecule has 0 radical (unpaired) electrons. The lowest BCUT2D eigenvalue weighted by molar-refractivity contribution is -0.120. The molecule has 0 bridgehead atoms.